The van der Waals surface area contributed by atoms with E-state index < -0.39 is 11.9 Å². The number of carbonyl (C=O) groups excluding carboxylic acids is 1. The normalized spacial score (nSPS) is 18.9. The fourth-order valence-corrected chi connectivity index (χ4v) is 3.02. The van der Waals surface area contributed by atoms with Gasteiger partial charge in [-0.1, -0.05) is 0 Å². The van der Waals surface area contributed by atoms with Gasteiger partial charge in [-0.25, -0.2) is 9.18 Å². The lowest BCUT2D eigenvalue weighted by Gasteiger charge is -2.26. The lowest BCUT2D eigenvalue weighted by atomic mass is 10.1. The van der Waals surface area contributed by atoms with Crippen molar-refractivity contribution in [1.29, 1.82) is 0 Å². The Kier molecular flexibility index (Phi) is 4.32. The molecule has 2 amide bonds. The van der Waals surface area contributed by atoms with Crippen LogP contribution in [0, 0.1) is 12.7 Å². The predicted octanol–water partition coefficient (Wildman–Crippen LogP) is 3.73. The number of aryl methyl sites for hydroxylation is 1. The average Bonchev–Trinajstić information content (AvgIpc) is 3.15. The van der Waals surface area contributed by atoms with Crippen LogP contribution in [0.25, 0.3) is 0 Å². The van der Waals surface area contributed by atoms with Gasteiger partial charge in [-0.15, -0.1) is 0 Å². The highest BCUT2D eigenvalue weighted by Crippen LogP contribution is 2.33. The number of rotatable bonds is 3. The summed E-state index contributed by atoms with van der Waals surface area (Å²) in [5.41, 5.74) is 0.429. The number of aromatic nitrogens is 1. The summed E-state index contributed by atoms with van der Waals surface area (Å²) < 4.78 is 19.4. The van der Waals surface area contributed by atoms with Crippen molar-refractivity contribution < 1.29 is 13.6 Å². The number of furan rings is 1. The Balaban J connectivity index is 1.71. The molecule has 5 nitrogen and oxygen atoms in total. The van der Waals surface area contributed by atoms with Gasteiger partial charge in [0, 0.05) is 18.3 Å². The summed E-state index contributed by atoms with van der Waals surface area (Å²) in [5, 5.41) is 2.86. The van der Waals surface area contributed by atoms with Gasteiger partial charge in [0.15, 0.2) is 0 Å². The number of hydrogen-bond donors (Lipinski definition) is 1. The lowest BCUT2D eigenvalue weighted by Crippen LogP contribution is -2.40. The van der Waals surface area contributed by atoms with Gasteiger partial charge in [0.1, 0.15) is 17.3 Å². The fourth-order valence-electron chi connectivity index (χ4n) is 3.02. The number of likely N-dealkylation sites (tertiary alicyclic amines) is 1. The van der Waals surface area contributed by atoms with E-state index in [9.17, 15) is 9.18 Å². The van der Waals surface area contributed by atoms with Gasteiger partial charge >= 0.3 is 6.03 Å². The summed E-state index contributed by atoms with van der Waals surface area (Å²) in [7, 11) is 0. The molecule has 1 fully saturated rings. The smallest absolute Gasteiger partial charge is 0.318 e. The Bertz CT molecular complexity index is 701. The van der Waals surface area contributed by atoms with E-state index in [2.05, 4.69) is 10.3 Å². The molecular weight excluding hydrogens is 297 g/mol. The molecule has 0 aromatic carbocycles. The van der Waals surface area contributed by atoms with Crippen molar-refractivity contribution in [2.45, 2.75) is 38.8 Å². The van der Waals surface area contributed by atoms with Crippen molar-refractivity contribution in [3.8, 4) is 0 Å². The first-order chi connectivity index (χ1) is 11.1. The third-order valence-corrected chi connectivity index (χ3v) is 4.21. The summed E-state index contributed by atoms with van der Waals surface area (Å²) in [6.07, 6.45) is 4.47. The highest BCUT2D eigenvalue weighted by molar-refractivity contribution is 5.75. The number of halogens is 1. The van der Waals surface area contributed by atoms with Crippen LogP contribution in [-0.2, 0) is 0 Å². The number of pyridine rings is 1. The van der Waals surface area contributed by atoms with Crippen LogP contribution in [0.2, 0.25) is 0 Å². The number of amides is 2. The van der Waals surface area contributed by atoms with Crippen LogP contribution in [-0.4, -0.2) is 22.5 Å². The molecule has 2 aromatic rings. The molecule has 0 aliphatic carbocycles. The Morgan fingerprint density at radius 3 is 3.00 bits per heavy atom. The van der Waals surface area contributed by atoms with Crippen LogP contribution in [0.15, 0.2) is 35.0 Å². The molecule has 3 heterocycles. The quantitative estimate of drug-likeness (QED) is 0.938. The van der Waals surface area contributed by atoms with Crippen molar-refractivity contribution in [1.82, 2.24) is 15.2 Å². The van der Waals surface area contributed by atoms with E-state index in [1.165, 1.54) is 6.20 Å². The Labute approximate surface area is 134 Å². The van der Waals surface area contributed by atoms with E-state index in [0.29, 0.717) is 12.1 Å². The van der Waals surface area contributed by atoms with E-state index >= 15 is 0 Å². The third-order valence-electron chi connectivity index (χ3n) is 4.21. The zero-order valence-corrected chi connectivity index (χ0v) is 13.3. The van der Waals surface area contributed by atoms with Crippen molar-refractivity contribution in [2.75, 3.05) is 6.54 Å². The van der Waals surface area contributed by atoms with E-state index in [1.807, 2.05) is 19.1 Å². The molecule has 0 spiro atoms. The topological polar surface area (TPSA) is 58.4 Å². The molecule has 1 aliphatic heterocycles. The number of nitrogens with one attached hydrogen (secondary N) is 1. The monoisotopic (exact) mass is 317 g/mol. The highest BCUT2D eigenvalue weighted by Gasteiger charge is 2.32. The summed E-state index contributed by atoms with van der Waals surface area (Å²) in [4.78, 5) is 18.1. The minimum atomic E-state index is -0.426. The minimum Gasteiger partial charge on any atom is -0.464 e. The summed E-state index contributed by atoms with van der Waals surface area (Å²) >= 11 is 0. The standard InChI is InChI=1S/C17H20FN3O2/c1-11-5-6-16(23-11)15-4-3-9-21(15)17(22)20-12(2)13-7-8-19-10-14(13)18/h5-8,10,12,15H,3-4,9H2,1-2H3,(H,20,22)/t12-,15-/m1/s1. The number of carbonyl (C=O) groups is 1. The molecule has 1 N–H and O–H groups in total. The minimum absolute atomic E-state index is 0.0572. The van der Waals surface area contributed by atoms with Crippen LogP contribution < -0.4 is 5.32 Å². The molecule has 2 aromatic heterocycles. The van der Waals surface area contributed by atoms with Gasteiger partial charge in [0.05, 0.1) is 18.3 Å². The maximum atomic E-state index is 13.8. The van der Waals surface area contributed by atoms with Gasteiger partial charge in [0.25, 0.3) is 0 Å². The van der Waals surface area contributed by atoms with E-state index in [4.69, 9.17) is 4.42 Å². The first-order valence-electron chi connectivity index (χ1n) is 7.79. The second-order valence-corrected chi connectivity index (χ2v) is 5.87. The number of nitrogens with zero attached hydrogens (tertiary/aromatic N) is 2. The zero-order chi connectivity index (χ0) is 16.4. The molecule has 2 atom stereocenters. The van der Waals surface area contributed by atoms with Gasteiger partial charge in [-0.3, -0.25) is 4.98 Å². The van der Waals surface area contributed by atoms with Crippen molar-refractivity contribution in [3.05, 3.63) is 53.5 Å². The Morgan fingerprint density at radius 1 is 1.48 bits per heavy atom. The fraction of sp³-hybridized carbons (Fsp3) is 0.412. The second-order valence-electron chi connectivity index (χ2n) is 5.87. The molecule has 0 unspecified atom stereocenters. The SMILES string of the molecule is Cc1ccc([C@H]2CCCN2C(=O)N[C@H](C)c2ccncc2F)o1. The molecule has 3 rings (SSSR count). The summed E-state index contributed by atoms with van der Waals surface area (Å²) in [5.74, 6) is 1.22. The molecular formula is C17H20FN3O2. The lowest BCUT2D eigenvalue weighted by molar-refractivity contribution is 0.182. The first-order valence-corrected chi connectivity index (χ1v) is 7.79. The Morgan fingerprint density at radius 2 is 2.30 bits per heavy atom. The van der Waals surface area contributed by atoms with E-state index in [1.54, 1.807) is 17.9 Å². The van der Waals surface area contributed by atoms with Gasteiger partial charge in [-0.05, 0) is 44.9 Å². The third kappa shape index (κ3) is 3.21. The Hall–Kier alpha value is -2.37. The predicted molar refractivity (Wildman–Crippen MR) is 83.3 cm³/mol. The second kappa shape index (κ2) is 6.40. The summed E-state index contributed by atoms with van der Waals surface area (Å²) in [6.45, 7) is 4.32. The maximum Gasteiger partial charge on any atom is 0.318 e. The van der Waals surface area contributed by atoms with E-state index in [-0.39, 0.29) is 12.1 Å². The van der Waals surface area contributed by atoms with Crippen LogP contribution >= 0.6 is 0 Å². The summed E-state index contributed by atoms with van der Waals surface area (Å²) in [6, 6.07) is 4.71. The van der Waals surface area contributed by atoms with Gasteiger partial charge in [-0.2, -0.15) is 0 Å². The maximum absolute atomic E-state index is 13.8. The first kappa shape index (κ1) is 15.5. The van der Waals surface area contributed by atoms with Crippen molar-refractivity contribution >= 4 is 6.03 Å². The molecule has 122 valence electrons. The van der Waals surface area contributed by atoms with E-state index in [0.717, 1.165) is 30.6 Å². The average molecular weight is 317 g/mol. The van der Waals surface area contributed by atoms with Crippen LogP contribution in [0.4, 0.5) is 9.18 Å². The number of urea groups is 1. The van der Waals surface area contributed by atoms with Crippen LogP contribution in [0.1, 0.15) is 48.9 Å². The molecule has 23 heavy (non-hydrogen) atoms. The number of hydrogen-bond acceptors (Lipinski definition) is 3. The largest absolute Gasteiger partial charge is 0.464 e. The molecule has 6 heteroatoms. The molecule has 1 saturated heterocycles. The van der Waals surface area contributed by atoms with Gasteiger partial charge in [0.2, 0.25) is 0 Å². The zero-order valence-electron chi connectivity index (χ0n) is 13.3. The van der Waals surface area contributed by atoms with Crippen LogP contribution in [0.3, 0.4) is 0 Å². The molecule has 0 saturated carbocycles. The molecule has 1 aliphatic rings. The van der Waals surface area contributed by atoms with Crippen LogP contribution in [0.5, 0.6) is 0 Å². The molecule has 0 radical (unpaired) electrons. The van der Waals surface area contributed by atoms with Gasteiger partial charge < -0.3 is 14.6 Å². The highest BCUT2D eigenvalue weighted by atomic mass is 19.1. The molecule has 0 bridgehead atoms. The van der Waals surface area contributed by atoms with Crippen molar-refractivity contribution in [2.24, 2.45) is 0 Å². The van der Waals surface area contributed by atoms with Crippen molar-refractivity contribution in [3.63, 3.8) is 0 Å².